The number of H-pyrrole nitrogens is 1. The molecule has 1 aromatic heterocycles. The molecule has 126 valence electrons. The van der Waals surface area contributed by atoms with Gasteiger partial charge < -0.3 is 14.5 Å². The lowest BCUT2D eigenvalue weighted by atomic mass is 9.99. The number of epoxide rings is 1. The van der Waals surface area contributed by atoms with Crippen molar-refractivity contribution in [1.29, 1.82) is 0 Å². The van der Waals surface area contributed by atoms with Crippen LogP contribution in [0.2, 0.25) is 5.02 Å². The highest BCUT2D eigenvalue weighted by Gasteiger charge is 2.48. The Labute approximate surface area is 144 Å². The van der Waals surface area contributed by atoms with E-state index < -0.39 is 12.1 Å². The van der Waals surface area contributed by atoms with Crippen molar-refractivity contribution in [3.63, 3.8) is 0 Å². The third kappa shape index (κ3) is 2.97. The molecule has 24 heavy (non-hydrogen) atoms. The topological polar surface area (TPSA) is 71.7 Å². The molecule has 1 aliphatic heterocycles. The zero-order valence-corrected chi connectivity index (χ0v) is 14.4. The molecule has 6 heteroatoms. The SMILES string of the molecule is CCOC(=O)c1c(C)[nH]c(C)c1C(=O)[C@H]1O[C@@H]1c1ccc(Cl)cc1. The smallest absolute Gasteiger partial charge is 0.340 e. The van der Waals surface area contributed by atoms with Crippen LogP contribution in [-0.4, -0.2) is 29.4 Å². The molecule has 0 bridgehead atoms. The van der Waals surface area contributed by atoms with Crippen LogP contribution >= 0.6 is 11.6 Å². The van der Waals surface area contributed by atoms with Gasteiger partial charge in [-0.3, -0.25) is 4.79 Å². The minimum atomic E-state index is -0.590. The highest BCUT2D eigenvalue weighted by Crippen LogP contribution is 2.42. The van der Waals surface area contributed by atoms with E-state index in [1.54, 1.807) is 32.9 Å². The van der Waals surface area contributed by atoms with Gasteiger partial charge in [0.15, 0.2) is 11.9 Å². The van der Waals surface area contributed by atoms with E-state index in [2.05, 4.69) is 4.98 Å². The van der Waals surface area contributed by atoms with Crippen molar-refractivity contribution in [3.8, 4) is 0 Å². The molecule has 1 aromatic carbocycles. The van der Waals surface area contributed by atoms with Crippen LogP contribution < -0.4 is 0 Å². The number of benzene rings is 1. The molecule has 1 saturated heterocycles. The van der Waals surface area contributed by atoms with Crippen LogP contribution in [0, 0.1) is 13.8 Å². The number of halogens is 1. The lowest BCUT2D eigenvalue weighted by molar-refractivity contribution is 0.0522. The molecule has 0 spiro atoms. The van der Waals surface area contributed by atoms with E-state index in [4.69, 9.17) is 21.1 Å². The van der Waals surface area contributed by atoms with Gasteiger partial charge >= 0.3 is 5.97 Å². The molecular formula is C18H18ClNO4. The summed E-state index contributed by atoms with van der Waals surface area (Å²) in [6.07, 6.45) is -0.896. The molecule has 0 amide bonds. The summed E-state index contributed by atoms with van der Waals surface area (Å²) in [5.41, 5.74) is 2.81. The highest BCUT2D eigenvalue weighted by molar-refractivity contribution is 6.30. The van der Waals surface area contributed by atoms with Crippen LogP contribution in [0.5, 0.6) is 0 Å². The van der Waals surface area contributed by atoms with Gasteiger partial charge in [0.25, 0.3) is 0 Å². The number of ketones is 1. The number of hydrogen-bond donors (Lipinski definition) is 1. The van der Waals surface area contributed by atoms with Crippen LogP contribution in [-0.2, 0) is 9.47 Å². The number of esters is 1. The fourth-order valence-electron chi connectivity index (χ4n) is 2.91. The number of ether oxygens (including phenoxy) is 2. The lowest BCUT2D eigenvalue weighted by Gasteiger charge is -2.04. The molecule has 3 rings (SSSR count). The first kappa shape index (κ1) is 16.7. The fraction of sp³-hybridized carbons (Fsp3) is 0.333. The third-order valence-corrected chi connectivity index (χ3v) is 4.30. The normalized spacial score (nSPS) is 19.2. The highest BCUT2D eigenvalue weighted by atomic mass is 35.5. The van der Waals surface area contributed by atoms with Crippen molar-refractivity contribution in [1.82, 2.24) is 4.98 Å². The molecule has 0 unspecified atom stereocenters. The number of aromatic amines is 1. The molecule has 0 radical (unpaired) electrons. The summed E-state index contributed by atoms with van der Waals surface area (Å²) < 4.78 is 10.6. The summed E-state index contributed by atoms with van der Waals surface area (Å²) in [5.74, 6) is -0.703. The Kier molecular flexibility index (Phi) is 4.47. The van der Waals surface area contributed by atoms with Crippen LogP contribution in [0.3, 0.4) is 0 Å². The molecular weight excluding hydrogens is 330 g/mol. The zero-order chi connectivity index (χ0) is 17.4. The molecule has 2 heterocycles. The maximum absolute atomic E-state index is 12.8. The summed E-state index contributed by atoms with van der Waals surface area (Å²) in [6, 6.07) is 7.19. The molecule has 2 atom stereocenters. The number of aromatic nitrogens is 1. The number of nitrogens with one attached hydrogen (secondary N) is 1. The summed E-state index contributed by atoms with van der Waals surface area (Å²) in [5, 5.41) is 0.629. The van der Waals surface area contributed by atoms with Gasteiger partial charge in [0.05, 0.1) is 17.7 Å². The van der Waals surface area contributed by atoms with Gasteiger partial charge in [-0.1, -0.05) is 23.7 Å². The van der Waals surface area contributed by atoms with Crippen molar-refractivity contribution < 1.29 is 19.1 Å². The monoisotopic (exact) mass is 347 g/mol. The van der Waals surface area contributed by atoms with Crippen LogP contribution in [0.4, 0.5) is 0 Å². The molecule has 5 nitrogen and oxygen atoms in total. The molecule has 1 aliphatic rings. The number of rotatable bonds is 5. The van der Waals surface area contributed by atoms with Crippen molar-refractivity contribution in [2.24, 2.45) is 0 Å². The summed E-state index contributed by atoms with van der Waals surface area (Å²) >= 11 is 5.88. The first-order chi connectivity index (χ1) is 11.4. The summed E-state index contributed by atoms with van der Waals surface area (Å²) in [7, 11) is 0. The van der Waals surface area contributed by atoms with Crippen molar-refractivity contribution >= 4 is 23.4 Å². The van der Waals surface area contributed by atoms with E-state index in [1.165, 1.54) is 0 Å². The van der Waals surface area contributed by atoms with Gasteiger partial charge in [-0.2, -0.15) is 0 Å². The van der Waals surface area contributed by atoms with Gasteiger partial charge in [-0.05, 0) is 38.5 Å². The van der Waals surface area contributed by atoms with E-state index >= 15 is 0 Å². The van der Waals surface area contributed by atoms with Crippen LogP contribution in [0.15, 0.2) is 24.3 Å². The van der Waals surface area contributed by atoms with Gasteiger partial charge in [0.1, 0.15) is 6.10 Å². The molecule has 0 aliphatic carbocycles. The maximum atomic E-state index is 12.8. The third-order valence-electron chi connectivity index (χ3n) is 4.05. The number of aryl methyl sites for hydroxylation is 2. The Balaban J connectivity index is 1.86. The standard InChI is InChI=1S/C18H18ClNO4/c1-4-23-18(22)14-10(3)20-9(2)13(14)15(21)17-16(24-17)11-5-7-12(19)8-6-11/h5-8,16-17,20H,4H2,1-3H3/t16-,17-/m1/s1. The van der Waals surface area contributed by atoms with Gasteiger partial charge in [0, 0.05) is 16.4 Å². The average Bonchev–Trinajstić information content (AvgIpc) is 3.27. The number of hydrogen-bond acceptors (Lipinski definition) is 4. The Hall–Kier alpha value is -2.11. The summed E-state index contributed by atoms with van der Waals surface area (Å²) in [4.78, 5) is 28.1. The van der Waals surface area contributed by atoms with Crippen LogP contribution in [0.25, 0.3) is 0 Å². The van der Waals surface area contributed by atoms with Gasteiger partial charge in [-0.25, -0.2) is 4.79 Å². The Morgan fingerprint density at radius 3 is 2.42 bits per heavy atom. The second-order valence-electron chi connectivity index (χ2n) is 5.74. The second-order valence-corrected chi connectivity index (χ2v) is 6.17. The fourth-order valence-corrected chi connectivity index (χ4v) is 3.03. The van der Waals surface area contributed by atoms with Crippen molar-refractivity contribution in [2.75, 3.05) is 6.61 Å². The predicted octanol–water partition coefficient (Wildman–Crippen LogP) is 3.78. The summed E-state index contributed by atoms with van der Waals surface area (Å²) in [6.45, 7) is 5.50. The van der Waals surface area contributed by atoms with E-state index in [1.807, 2.05) is 12.1 Å². The van der Waals surface area contributed by atoms with E-state index in [-0.39, 0.29) is 18.5 Å². The first-order valence-electron chi connectivity index (χ1n) is 7.75. The van der Waals surface area contributed by atoms with Crippen molar-refractivity contribution in [3.05, 3.63) is 57.4 Å². The molecule has 0 saturated carbocycles. The maximum Gasteiger partial charge on any atom is 0.340 e. The quantitative estimate of drug-likeness (QED) is 0.507. The Morgan fingerprint density at radius 2 is 1.79 bits per heavy atom. The number of carbonyl (C=O) groups is 2. The lowest BCUT2D eigenvalue weighted by Crippen LogP contribution is -2.15. The Bertz CT molecular complexity index is 794. The minimum Gasteiger partial charge on any atom is -0.462 e. The second kappa shape index (κ2) is 6.42. The van der Waals surface area contributed by atoms with E-state index in [0.29, 0.717) is 27.5 Å². The predicted molar refractivity (Wildman–Crippen MR) is 89.6 cm³/mol. The van der Waals surface area contributed by atoms with E-state index in [0.717, 1.165) is 5.56 Å². The largest absolute Gasteiger partial charge is 0.462 e. The first-order valence-corrected chi connectivity index (χ1v) is 8.13. The average molecular weight is 348 g/mol. The van der Waals surface area contributed by atoms with Gasteiger partial charge in [-0.15, -0.1) is 0 Å². The molecule has 1 fully saturated rings. The van der Waals surface area contributed by atoms with Crippen LogP contribution in [0.1, 0.15) is 50.7 Å². The number of carbonyl (C=O) groups excluding carboxylic acids is 2. The molecule has 1 N–H and O–H groups in total. The van der Waals surface area contributed by atoms with Crippen molar-refractivity contribution in [2.45, 2.75) is 33.0 Å². The molecule has 2 aromatic rings. The number of Topliss-reactive ketones (excluding diaryl/α,β-unsaturated/α-hetero) is 1. The Morgan fingerprint density at radius 1 is 1.17 bits per heavy atom. The minimum absolute atomic E-state index is 0.208. The van der Waals surface area contributed by atoms with E-state index in [9.17, 15) is 9.59 Å². The van der Waals surface area contributed by atoms with Gasteiger partial charge in [0.2, 0.25) is 0 Å². The zero-order valence-electron chi connectivity index (χ0n) is 13.7.